The highest BCUT2D eigenvalue weighted by Gasteiger charge is 2.28. The van der Waals surface area contributed by atoms with Crippen molar-refractivity contribution >= 4 is 17.9 Å². The van der Waals surface area contributed by atoms with Crippen LogP contribution in [0.25, 0.3) is 0 Å². The maximum absolute atomic E-state index is 13.0. The van der Waals surface area contributed by atoms with Gasteiger partial charge in [0.1, 0.15) is 5.76 Å². The molecule has 2 heterocycles. The number of esters is 1. The van der Waals surface area contributed by atoms with Gasteiger partial charge >= 0.3 is 12.0 Å². The number of furan rings is 1. The van der Waals surface area contributed by atoms with Crippen LogP contribution in [-0.2, 0) is 16.1 Å². The number of carbonyl (C=O) groups is 3. The van der Waals surface area contributed by atoms with Crippen LogP contribution in [0.3, 0.4) is 0 Å². The second-order valence-corrected chi connectivity index (χ2v) is 7.00. The third-order valence-electron chi connectivity index (χ3n) is 4.83. The van der Waals surface area contributed by atoms with Crippen LogP contribution in [-0.4, -0.2) is 29.0 Å². The number of nitrogens with zero attached hydrogens (tertiary/aromatic N) is 1. The molecule has 2 N–H and O–H groups in total. The Hall–Kier alpha value is -3.81. The Labute approximate surface area is 180 Å². The van der Waals surface area contributed by atoms with Gasteiger partial charge in [-0.3, -0.25) is 10.1 Å². The van der Waals surface area contributed by atoms with Crippen molar-refractivity contribution in [3.8, 4) is 0 Å². The lowest BCUT2D eigenvalue weighted by atomic mass is 10.1. The molecule has 0 saturated heterocycles. The summed E-state index contributed by atoms with van der Waals surface area (Å²) in [5, 5.41) is 4.70. The summed E-state index contributed by atoms with van der Waals surface area (Å²) in [4.78, 5) is 37.5. The molecule has 0 bridgehead atoms. The molecule has 31 heavy (non-hydrogen) atoms. The predicted molar refractivity (Wildman–Crippen MR) is 114 cm³/mol. The highest BCUT2D eigenvalue weighted by molar-refractivity contribution is 5.99. The van der Waals surface area contributed by atoms with Crippen LogP contribution in [0.15, 0.2) is 59.2 Å². The fraction of sp³-hybridized carbons (Fsp3) is 0.261. The average Bonchev–Trinajstić information content (AvgIpc) is 3.36. The van der Waals surface area contributed by atoms with E-state index in [2.05, 4.69) is 10.6 Å². The Morgan fingerprint density at radius 2 is 1.84 bits per heavy atom. The van der Waals surface area contributed by atoms with E-state index >= 15 is 0 Å². The molecule has 8 nitrogen and oxygen atoms in total. The van der Waals surface area contributed by atoms with E-state index in [0.29, 0.717) is 29.9 Å². The molecule has 0 radical (unpaired) electrons. The first-order valence-corrected chi connectivity index (χ1v) is 9.94. The first-order chi connectivity index (χ1) is 14.9. The zero-order valence-corrected chi connectivity index (χ0v) is 17.7. The lowest BCUT2D eigenvalue weighted by Gasteiger charge is -2.18. The summed E-state index contributed by atoms with van der Waals surface area (Å²) in [6.45, 7) is 6.24. The van der Waals surface area contributed by atoms with Crippen molar-refractivity contribution in [1.29, 1.82) is 0 Å². The number of amides is 3. The van der Waals surface area contributed by atoms with Crippen molar-refractivity contribution < 1.29 is 23.5 Å². The topological polar surface area (TPSA) is 103 Å². The van der Waals surface area contributed by atoms with E-state index in [-0.39, 0.29) is 0 Å². The number of carbonyl (C=O) groups excluding carboxylic acids is 3. The third-order valence-corrected chi connectivity index (χ3v) is 4.83. The van der Waals surface area contributed by atoms with Crippen molar-refractivity contribution in [3.63, 3.8) is 0 Å². The summed E-state index contributed by atoms with van der Waals surface area (Å²) in [7, 11) is 0. The van der Waals surface area contributed by atoms with Crippen molar-refractivity contribution in [2.45, 2.75) is 33.4 Å². The van der Waals surface area contributed by atoms with Gasteiger partial charge in [0.15, 0.2) is 0 Å². The molecule has 0 spiro atoms. The smallest absolute Gasteiger partial charge is 0.341 e. The molecule has 3 aromatic rings. The molecule has 8 heteroatoms. The number of hydrogen-bond donors (Lipinski definition) is 2. The van der Waals surface area contributed by atoms with Crippen LogP contribution in [0.1, 0.15) is 46.1 Å². The quantitative estimate of drug-likeness (QED) is 0.567. The number of rotatable bonds is 7. The molecule has 1 atom stereocenters. The zero-order chi connectivity index (χ0) is 22.4. The average molecular weight is 423 g/mol. The first kappa shape index (κ1) is 21.9. The van der Waals surface area contributed by atoms with Crippen molar-refractivity contribution in [1.82, 2.24) is 15.2 Å². The summed E-state index contributed by atoms with van der Waals surface area (Å²) < 4.78 is 12.9. The monoisotopic (exact) mass is 423 g/mol. The van der Waals surface area contributed by atoms with E-state index in [1.807, 2.05) is 17.6 Å². The number of aryl methyl sites for hydroxylation is 1. The van der Waals surface area contributed by atoms with Gasteiger partial charge in [-0.25, -0.2) is 9.59 Å². The van der Waals surface area contributed by atoms with Gasteiger partial charge in [-0.05, 0) is 39.0 Å². The van der Waals surface area contributed by atoms with Crippen LogP contribution >= 0.6 is 0 Å². The minimum absolute atomic E-state index is 0.343. The minimum atomic E-state index is -1.27. The van der Waals surface area contributed by atoms with Crippen molar-refractivity contribution in [2.24, 2.45) is 0 Å². The van der Waals surface area contributed by atoms with E-state index < -0.39 is 24.0 Å². The largest absolute Gasteiger partial charge is 0.467 e. The minimum Gasteiger partial charge on any atom is -0.467 e. The Bertz CT molecular complexity index is 1050. The van der Waals surface area contributed by atoms with Gasteiger partial charge in [0.05, 0.1) is 18.4 Å². The fourth-order valence-corrected chi connectivity index (χ4v) is 3.26. The van der Waals surface area contributed by atoms with Crippen LogP contribution in [0.5, 0.6) is 0 Å². The van der Waals surface area contributed by atoms with E-state index in [1.54, 1.807) is 62.6 Å². The normalized spacial score (nSPS) is 11.6. The lowest BCUT2D eigenvalue weighted by Crippen LogP contribution is -2.42. The second kappa shape index (κ2) is 9.80. The number of ether oxygens (including phenoxy) is 1. The number of imide groups is 1. The van der Waals surface area contributed by atoms with E-state index in [9.17, 15) is 14.4 Å². The Morgan fingerprint density at radius 3 is 2.48 bits per heavy atom. The molecular weight excluding hydrogens is 398 g/mol. The summed E-state index contributed by atoms with van der Waals surface area (Å²) in [5.41, 5.74) is 2.34. The third kappa shape index (κ3) is 5.22. The van der Waals surface area contributed by atoms with E-state index in [4.69, 9.17) is 9.15 Å². The first-order valence-electron chi connectivity index (χ1n) is 9.94. The number of benzene rings is 1. The fourth-order valence-electron chi connectivity index (χ4n) is 3.26. The van der Waals surface area contributed by atoms with Crippen LogP contribution in [0.2, 0.25) is 0 Å². The Morgan fingerprint density at radius 1 is 1.10 bits per heavy atom. The van der Waals surface area contributed by atoms with Crippen molar-refractivity contribution in [2.75, 3.05) is 6.54 Å². The van der Waals surface area contributed by atoms with Gasteiger partial charge in [-0.15, -0.1) is 0 Å². The molecular formula is C23H25N3O5. The Balaban J connectivity index is 1.83. The molecule has 0 aliphatic heterocycles. The molecule has 0 aliphatic rings. The summed E-state index contributed by atoms with van der Waals surface area (Å²) in [6.07, 6.45) is 0.320. The standard InChI is InChI=1S/C23H25N3O5/c1-4-24-23(29)25-21(27)20(17-9-6-5-7-10-17)31-22(28)19-13-15(2)26(16(19)3)14-18-11-8-12-30-18/h5-13,20H,4,14H2,1-3H3,(H2,24,25,27,29)/t20-/m0/s1. The Kier molecular flexibility index (Phi) is 6.92. The van der Waals surface area contributed by atoms with Gasteiger partial charge in [0.25, 0.3) is 5.91 Å². The van der Waals surface area contributed by atoms with Crippen LogP contribution < -0.4 is 10.6 Å². The molecule has 162 valence electrons. The van der Waals surface area contributed by atoms with E-state index in [1.165, 1.54) is 0 Å². The highest BCUT2D eigenvalue weighted by atomic mass is 16.5. The van der Waals surface area contributed by atoms with Gasteiger partial charge in [0, 0.05) is 23.5 Å². The number of urea groups is 1. The van der Waals surface area contributed by atoms with Crippen LogP contribution in [0, 0.1) is 13.8 Å². The maximum atomic E-state index is 13.0. The second-order valence-electron chi connectivity index (χ2n) is 7.00. The summed E-state index contributed by atoms with van der Waals surface area (Å²) in [5.74, 6) is -0.626. The highest BCUT2D eigenvalue weighted by Crippen LogP contribution is 2.23. The maximum Gasteiger partial charge on any atom is 0.341 e. The lowest BCUT2D eigenvalue weighted by molar-refractivity contribution is -0.129. The molecule has 2 aromatic heterocycles. The predicted octanol–water partition coefficient (Wildman–Crippen LogP) is 3.49. The molecule has 3 rings (SSSR count). The number of nitrogens with one attached hydrogen (secondary N) is 2. The van der Waals surface area contributed by atoms with Gasteiger partial charge in [-0.1, -0.05) is 30.3 Å². The van der Waals surface area contributed by atoms with Crippen LogP contribution in [0.4, 0.5) is 4.79 Å². The van der Waals surface area contributed by atoms with Gasteiger partial charge < -0.3 is 19.0 Å². The molecule has 0 saturated carbocycles. The van der Waals surface area contributed by atoms with Gasteiger partial charge in [-0.2, -0.15) is 0 Å². The van der Waals surface area contributed by atoms with Gasteiger partial charge in [0.2, 0.25) is 6.10 Å². The zero-order valence-electron chi connectivity index (χ0n) is 17.7. The summed E-state index contributed by atoms with van der Waals surface area (Å²) >= 11 is 0. The molecule has 0 unspecified atom stereocenters. The molecule has 1 aromatic carbocycles. The molecule has 0 fully saturated rings. The SMILES string of the molecule is CCNC(=O)NC(=O)[C@@H](OC(=O)c1cc(C)n(Cc2ccco2)c1C)c1ccccc1. The summed E-state index contributed by atoms with van der Waals surface area (Å²) in [6, 6.07) is 13.3. The van der Waals surface area contributed by atoms with E-state index in [0.717, 1.165) is 11.5 Å². The van der Waals surface area contributed by atoms with Crippen molar-refractivity contribution in [3.05, 3.63) is 83.1 Å². The molecule has 3 amide bonds. The number of aromatic nitrogens is 1. The number of hydrogen-bond acceptors (Lipinski definition) is 5. The molecule has 0 aliphatic carbocycles.